The van der Waals surface area contributed by atoms with Gasteiger partial charge in [0.15, 0.2) is 0 Å². The zero-order chi connectivity index (χ0) is 38.7. The number of ether oxygens (including phenoxy) is 1. The van der Waals surface area contributed by atoms with Crippen LogP contribution in [-0.4, -0.2) is 0 Å². The fraction of sp³-hybridized carbons (Fsp3) is 0. The molecular formula is C54H42N2O. The lowest BCUT2D eigenvalue weighted by Gasteiger charge is -2.26. The molecule has 0 bridgehead atoms. The molecule has 0 aliphatic carbocycles. The van der Waals surface area contributed by atoms with Crippen molar-refractivity contribution in [2.24, 2.45) is 0 Å². The van der Waals surface area contributed by atoms with Crippen molar-refractivity contribution in [3.8, 4) is 33.8 Å². The van der Waals surface area contributed by atoms with Crippen LogP contribution in [0.4, 0.5) is 28.4 Å². The number of benzene rings is 8. The molecule has 0 N–H and O–H groups in total. The van der Waals surface area contributed by atoms with Gasteiger partial charge >= 0.3 is 0 Å². The summed E-state index contributed by atoms with van der Waals surface area (Å²) in [7, 11) is 0. The quantitative estimate of drug-likeness (QED) is 0.110. The number of rotatable bonds is 13. The van der Waals surface area contributed by atoms with E-state index in [9.17, 15) is 0 Å². The van der Waals surface area contributed by atoms with Crippen molar-refractivity contribution >= 4 is 34.0 Å². The van der Waals surface area contributed by atoms with Crippen LogP contribution in [0, 0.1) is 0 Å². The maximum Gasteiger partial charge on any atom is 0.127 e. The molecule has 8 rings (SSSR count). The molecule has 8 aromatic rings. The second kappa shape index (κ2) is 17.7. The highest BCUT2D eigenvalue weighted by molar-refractivity contribution is 5.81. The molecule has 8 aromatic carbocycles. The van der Waals surface area contributed by atoms with Gasteiger partial charge in [0.2, 0.25) is 0 Å². The van der Waals surface area contributed by atoms with Gasteiger partial charge in [-0.15, -0.1) is 0 Å². The Labute approximate surface area is 336 Å². The third-order valence-corrected chi connectivity index (χ3v) is 9.76. The summed E-state index contributed by atoms with van der Waals surface area (Å²) in [4.78, 5) is 4.46. The van der Waals surface area contributed by atoms with Crippen molar-refractivity contribution in [1.29, 1.82) is 0 Å². The van der Waals surface area contributed by atoms with E-state index >= 15 is 0 Å². The molecule has 0 heterocycles. The van der Waals surface area contributed by atoms with E-state index in [1.165, 1.54) is 11.1 Å². The van der Waals surface area contributed by atoms with Gasteiger partial charge in [-0.1, -0.05) is 146 Å². The number of para-hydroxylation sites is 3. The molecule has 0 fully saturated rings. The normalized spacial score (nSPS) is 11.3. The van der Waals surface area contributed by atoms with E-state index in [0.29, 0.717) is 0 Å². The van der Waals surface area contributed by atoms with Crippen LogP contribution in [0.5, 0.6) is 11.5 Å². The first-order chi connectivity index (χ1) is 28.2. The van der Waals surface area contributed by atoms with E-state index in [0.717, 1.165) is 62.2 Å². The number of allylic oxidation sites excluding steroid dienone is 4. The molecule has 0 unspecified atom stereocenters. The monoisotopic (exact) mass is 734 g/mol. The average molecular weight is 735 g/mol. The summed E-state index contributed by atoms with van der Waals surface area (Å²) in [6, 6.07) is 75.5. The van der Waals surface area contributed by atoms with E-state index in [1.54, 1.807) is 0 Å². The molecule has 3 heteroatoms. The van der Waals surface area contributed by atoms with Crippen molar-refractivity contribution in [3.63, 3.8) is 0 Å². The van der Waals surface area contributed by atoms with Crippen LogP contribution in [0.3, 0.4) is 0 Å². The molecule has 0 atom stereocenters. The third-order valence-electron chi connectivity index (χ3n) is 9.76. The molecule has 0 saturated heterocycles. The molecule has 3 nitrogen and oxygen atoms in total. The molecule has 0 aliphatic heterocycles. The minimum Gasteiger partial charge on any atom is -0.457 e. The fourth-order valence-electron chi connectivity index (χ4n) is 6.86. The van der Waals surface area contributed by atoms with E-state index in [2.05, 4.69) is 192 Å². The molecule has 0 amide bonds. The van der Waals surface area contributed by atoms with Crippen LogP contribution < -0.4 is 14.5 Å². The number of anilines is 5. The Balaban J connectivity index is 1.03. The predicted molar refractivity (Wildman–Crippen MR) is 241 cm³/mol. The SMILES string of the molecule is C=C/C(=C\C=C\N(c1ccccc1)c1ccc(-c2ccccc2)cc1)c1cccc(-c2ccc(N(c3ccccc3)c3ccc(Oc4ccccc4)cc3)cc2)c1. The van der Waals surface area contributed by atoms with Gasteiger partial charge in [-0.05, 0) is 130 Å². The molecule has 274 valence electrons. The molecule has 0 aromatic heterocycles. The number of hydrogen-bond donors (Lipinski definition) is 0. The van der Waals surface area contributed by atoms with E-state index in [4.69, 9.17) is 4.74 Å². The van der Waals surface area contributed by atoms with Crippen molar-refractivity contribution in [1.82, 2.24) is 0 Å². The van der Waals surface area contributed by atoms with Gasteiger partial charge in [-0.3, -0.25) is 0 Å². The molecule has 0 saturated carbocycles. The van der Waals surface area contributed by atoms with E-state index in [1.807, 2.05) is 66.7 Å². The van der Waals surface area contributed by atoms with Gasteiger partial charge in [0.1, 0.15) is 11.5 Å². The maximum absolute atomic E-state index is 6.07. The van der Waals surface area contributed by atoms with Gasteiger partial charge < -0.3 is 14.5 Å². The lowest BCUT2D eigenvalue weighted by Crippen LogP contribution is -2.09. The van der Waals surface area contributed by atoms with Gasteiger partial charge in [0.25, 0.3) is 0 Å². The topological polar surface area (TPSA) is 15.7 Å². The Morgan fingerprint density at radius 3 is 1.46 bits per heavy atom. The van der Waals surface area contributed by atoms with Gasteiger partial charge in [0, 0.05) is 34.6 Å². The van der Waals surface area contributed by atoms with Crippen molar-refractivity contribution in [2.45, 2.75) is 0 Å². The van der Waals surface area contributed by atoms with Crippen LogP contribution in [0.1, 0.15) is 5.56 Å². The van der Waals surface area contributed by atoms with Crippen molar-refractivity contribution in [3.05, 3.63) is 255 Å². The van der Waals surface area contributed by atoms with Crippen molar-refractivity contribution < 1.29 is 4.74 Å². The second-order valence-electron chi connectivity index (χ2n) is 13.5. The van der Waals surface area contributed by atoms with Gasteiger partial charge in [-0.25, -0.2) is 0 Å². The average Bonchev–Trinajstić information content (AvgIpc) is 3.29. The lowest BCUT2D eigenvalue weighted by atomic mass is 9.98. The Morgan fingerprint density at radius 1 is 0.404 bits per heavy atom. The smallest absolute Gasteiger partial charge is 0.127 e. The van der Waals surface area contributed by atoms with E-state index < -0.39 is 0 Å². The zero-order valence-corrected chi connectivity index (χ0v) is 31.6. The lowest BCUT2D eigenvalue weighted by molar-refractivity contribution is 0.483. The third kappa shape index (κ3) is 8.86. The highest BCUT2D eigenvalue weighted by Crippen LogP contribution is 2.37. The largest absolute Gasteiger partial charge is 0.457 e. The molecule has 57 heavy (non-hydrogen) atoms. The van der Waals surface area contributed by atoms with E-state index in [-0.39, 0.29) is 0 Å². The van der Waals surface area contributed by atoms with Crippen molar-refractivity contribution in [2.75, 3.05) is 9.80 Å². The summed E-state index contributed by atoms with van der Waals surface area (Å²) in [6.45, 7) is 4.18. The molecule has 0 aliphatic rings. The molecule has 0 spiro atoms. The Bertz CT molecular complexity index is 2560. The predicted octanol–water partition coefficient (Wildman–Crippen LogP) is 15.2. The molecular weight excluding hydrogens is 693 g/mol. The first kappa shape index (κ1) is 36.4. The maximum atomic E-state index is 6.07. The fourth-order valence-corrected chi connectivity index (χ4v) is 6.86. The Morgan fingerprint density at radius 2 is 0.842 bits per heavy atom. The zero-order valence-electron chi connectivity index (χ0n) is 31.6. The summed E-state index contributed by atoms with van der Waals surface area (Å²) >= 11 is 0. The summed E-state index contributed by atoms with van der Waals surface area (Å²) in [6.07, 6.45) is 8.25. The minimum absolute atomic E-state index is 0.791. The van der Waals surface area contributed by atoms with Crippen LogP contribution in [-0.2, 0) is 0 Å². The standard InChI is InChI=1S/C54H42N2O/c1-2-42(21-16-40-55(48-22-9-4-10-23-48)49-32-28-44(29-33-49)43-17-7-3-8-18-43)46-19-15-20-47(41-46)45-30-34-51(35-31-45)56(50-24-11-5-12-25-50)52-36-38-54(39-37-52)57-53-26-13-6-14-27-53/h2-41H,1H2/b40-16+,42-21+. The highest BCUT2D eigenvalue weighted by Gasteiger charge is 2.14. The number of nitrogens with zero attached hydrogens (tertiary/aromatic N) is 2. The number of hydrogen-bond acceptors (Lipinski definition) is 3. The summed E-state index contributed by atoms with van der Waals surface area (Å²) in [5, 5.41) is 0. The van der Waals surface area contributed by atoms with Crippen LogP contribution in [0.2, 0.25) is 0 Å². The first-order valence-corrected chi connectivity index (χ1v) is 19.1. The summed E-state index contributed by atoms with van der Waals surface area (Å²) < 4.78 is 6.07. The van der Waals surface area contributed by atoms with Gasteiger partial charge in [-0.2, -0.15) is 0 Å². The van der Waals surface area contributed by atoms with Crippen LogP contribution in [0.15, 0.2) is 249 Å². The Hall–Kier alpha value is -7.62. The first-order valence-electron chi connectivity index (χ1n) is 19.1. The summed E-state index contributed by atoms with van der Waals surface area (Å²) in [5.74, 6) is 1.60. The van der Waals surface area contributed by atoms with Gasteiger partial charge in [0.05, 0.1) is 0 Å². The summed E-state index contributed by atoms with van der Waals surface area (Å²) in [5.41, 5.74) is 12.1. The Kier molecular flexibility index (Phi) is 11.3. The van der Waals surface area contributed by atoms with Crippen LogP contribution >= 0.6 is 0 Å². The highest BCUT2D eigenvalue weighted by atomic mass is 16.5. The second-order valence-corrected chi connectivity index (χ2v) is 13.5. The van der Waals surface area contributed by atoms with Crippen LogP contribution in [0.25, 0.3) is 27.8 Å². The molecule has 0 radical (unpaired) electrons. The minimum atomic E-state index is 0.791.